The molecule has 1 aliphatic heterocycles. The average Bonchev–Trinajstić information content (AvgIpc) is 2.69. The van der Waals surface area contributed by atoms with E-state index in [2.05, 4.69) is 36.4 Å². The summed E-state index contributed by atoms with van der Waals surface area (Å²) in [7, 11) is 0. The van der Waals surface area contributed by atoms with Gasteiger partial charge in [-0.15, -0.1) is 24.0 Å². The van der Waals surface area contributed by atoms with Gasteiger partial charge in [0.1, 0.15) is 5.75 Å². The molecule has 0 aliphatic carbocycles. The predicted molar refractivity (Wildman–Crippen MR) is 130 cm³/mol. The van der Waals surface area contributed by atoms with E-state index in [0.29, 0.717) is 24.2 Å². The van der Waals surface area contributed by atoms with Gasteiger partial charge in [0, 0.05) is 38.1 Å². The van der Waals surface area contributed by atoms with Crippen LogP contribution in [0.25, 0.3) is 0 Å². The number of rotatable bonds is 8. The molecular weight excluding hydrogens is 479 g/mol. The van der Waals surface area contributed by atoms with E-state index in [9.17, 15) is 9.90 Å². The molecule has 0 unspecified atom stereocenters. The maximum absolute atomic E-state index is 12.5. The summed E-state index contributed by atoms with van der Waals surface area (Å²) in [5, 5.41) is 16.4. The number of carbonyl (C=O) groups excluding carboxylic acids is 1. The SMILES string of the molecule is CCNC(=NCCc1cccc(O)c1)NC1CCN(C(=O)C(CC)CC)CC1.I. The highest BCUT2D eigenvalue weighted by Gasteiger charge is 2.26. The van der Waals surface area contributed by atoms with Crippen LogP contribution in [0.2, 0.25) is 0 Å². The quantitative estimate of drug-likeness (QED) is 0.281. The van der Waals surface area contributed by atoms with Crippen LogP contribution in [0.15, 0.2) is 29.3 Å². The number of amides is 1. The smallest absolute Gasteiger partial charge is 0.225 e. The molecule has 0 radical (unpaired) electrons. The van der Waals surface area contributed by atoms with Crippen molar-refractivity contribution in [2.24, 2.45) is 10.9 Å². The lowest BCUT2D eigenvalue weighted by molar-refractivity contribution is -0.136. The van der Waals surface area contributed by atoms with Gasteiger partial charge < -0.3 is 20.6 Å². The van der Waals surface area contributed by atoms with E-state index in [1.807, 2.05) is 17.0 Å². The Hall–Kier alpha value is -1.51. The number of hydrogen-bond acceptors (Lipinski definition) is 3. The van der Waals surface area contributed by atoms with Crippen LogP contribution in [-0.4, -0.2) is 54.1 Å². The summed E-state index contributed by atoms with van der Waals surface area (Å²) in [6.07, 6.45) is 4.52. The first kappa shape index (κ1) is 25.5. The fourth-order valence-electron chi connectivity index (χ4n) is 3.66. The zero-order valence-corrected chi connectivity index (χ0v) is 20.3. The highest BCUT2D eigenvalue weighted by atomic mass is 127. The van der Waals surface area contributed by atoms with Crippen LogP contribution in [0.5, 0.6) is 5.75 Å². The highest BCUT2D eigenvalue weighted by molar-refractivity contribution is 14.0. The third-order valence-electron chi connectivity index (χ3n) is 5.41. The van der Waals surface area contributed by atoms with Gasteiger partial charge in [-0.05, 0) is 56.7 Å². The number of hydrogen-bond donors (Lipinski definition) is 3. The van der Waals surface area contributed by atoms with Crippen molar-refractivity contribution in [2.75, 3.05) is 26.2 Å². The van der Waals surface area contributed by atoms with E-state index < -0.39 is 0 Å². The average molecular weight is 516 g/mol. The number of aliphatic imine (C=N–C) groups is 1. The van der Waals surface area contributed by atoms with Gasteiger partial charge in [0.15, 0.2) is 5.96 Å². The van der Waals surface area contributed by atoms with E-state index in [4.69, 9.17) is 0 Å². The number of piperidine rings is 1. The summed E-state index contributed by atoms with van der Waals surface area (Å²) < 4.78 is 0. The lowest BCUT2D eigenvalue weighted by atomic mass is 9.98. The van der Waals surface area contributed by atoms with Crippen molar-refractivity contribution in [3.8, 4) is 5.75 Å². The van der Waals surface area contributed by atoms with E-state index in [1.54, 1.807) is 12.1 Å². The fourth-order valence-corrected chi connectivity index (χ4v) is 3.66. The summed E-state index contributed by atoms with van der Waals surface area (Å²) in [6, 6.07) is 7.65. The molecule has 1 aromatic carbocycles. The van der Waals surface area contributed by atoms with Gasteiger partial charge in [-0.2, -0.15) is 0 Å². The lowest BCUT2D eigenvalue weighted by Gasteiger charge is -2.34. The van der Waals surface area contributed by atoms with Gasteiger partial charge in [-0.25, -0.2) is 0 Å². The first-order valence-corrected chi connectivity index (χ1v) is 10.7. The number of benzene rings is 1. The molecule has 0 saturated carbocycles. The number of nitrogens with zero attached hydrogens (tertiary/aromatic N) is 2. The Morgan fingerprint density at radius 3 is 2.52 bits per heavy atom. The second-order valence-electron chi connectivity index (χ2n) is 7.44. The van der Waals surface area contributed by atoms with Crippen molar-refractivity contribution in [2.45, 2.75) is 58.9 Å². The molecule has 1 saturated heterocycles. The highest BCUT2D eigenvalue weighted by Crippen LogP contribution is 2.17. The van der Waals surface area contributed by atoms with Gasteiger partial charge in [0.2, 0.25) is 5.91 Å². The molecule has 1 heterocycles. The number of halogens is 1. The van der Waals surface area contributed by atoms with Crippen LogP contribution in [0, 0.1) is 5.92 Å². The first-order chi connectivity index (χ1) is 13.6. The van der Waals surface area contributed by atoms with Crippen LogP contribution in [0.3, 0.4) is 0 Å². The van der Waals surface area contributed by atoms with Gasteiger partial charge in [-0.1, -0.05) is 26.0 Å². The number of aromatic hydroxyl groups is 1. The topological polar surface area (TPSA) is 77.0 Å². The van der Waals surface area contributed by atoms with Crippen LogP contribution < -0.4 is 10.6 Å². The molecule has 0 spiro atoms. The molecule has 1 amide bonds. The largest absolute Gasteiger partial charge is 0.508 e. The summed E-state index contributed by atoms with van der Waals surface area (Å²) in [4.78, 5) is 19.2. The van der Waals surface area contributed by atoms with Crippen LogP contribution in [0.1, 0.15) is 52.0 Å². The number of phenols is 1. The maximum Gasteiger partial charge on any atom is 0.225 e. The molecule has 164 valence electrons. The molecule has 1 aliphatic rings. The molecule has 7 heteroatoms. The third-order valence-corrected chi connectivity index (χ3v) is 5.41. The maximum atomic E-state index is 12.5. The summed E-state index contributed by atoms with van der Waals surface area (Å²) in [6.45, 7) is 9.34. The molecule has 1 aromatic rings. The van der Waals surface area contributed by atoms with Gasteiger partial charge in [0.05, 0.1) is 0 Å². The minimum absolute atomic E-state index is 0. The van der Waals surface area contributed by atoms with E-state index in [-0.39, 0.29) is 29.9 Å². The minimum Gasteiger partial charge on any atom is -0.508 e. The Morgan fingerprint density at radius 1 is 1.24 bits per heavy atom. The third kappa shape index (κ3) is 8.40. The van der Waals surface area contributed by atoms with Crippen LogP contribution in [-0.2, 0) is 11.2 Å². The molecule has 2 rings (SSSR count). The Balaban J connectivity index is 0.00000420. The number of guanidine groups is 1. The molecule has 1 fully saturated rings. The monoisotopic (exact) mass is 516 g/mol. The summed E-state index contributed by atoms with van der Waals surface area (Å²) >= 11 is 0. The number of likely N-dealkylation sites (tertiary alicyclic amines) is 1. The molecule has 29 heavy (non-hydrogen) atoms. The summed E-state index contributed by atoms with van der Waals surface area (Å²) in [5.74, 6) is 1.60. The van der Waals surface area contributed by atoms with Crippen LogP contribution in [0.4, 0.5) is 0 Å². The standard InChI is InChI=1S/C22H36N4O2.HI/c1-4-18(5-2)21(28)26-14-11-19(12-15-26)25-22(23-6-3)24-13-10-17-8-7-9-20(27)16-17;/h7-9,16,18-19,27H,4-6,10-15H2,1-3H3,(H2,23,24,25);1H. The fraction of sp³-hybridized carbons (Fsp3) is 0.636. The number of carbonyl (C=O) groups is 1. The van der Waals surface area contributed by atoms with Crippen molar-refractivity contribution in [1.82, 2.24) is 15.5 Å². The predicted octanol–water partition coefficient (Wildman–Crippen LogP) is 3.54. The number of phenolic OH excluding ortho intramolecular Hbond substituents is 1. The van der Waals surface area contributed by atoms with Crippen molar-refractivity contribution in [1.29, 1.82) is 0 Å². The van der Waals surface area contributed by atoms with Gasteiger partial charge in [0.25, 0.3) is 0 Å². The molecule has 0 aromatic heterocycles. The van der Waals surface area contributed by atoms with Gasteiger partial charge >= 0.3 is 0 Å². The lowest BCUT2D eigenvalue weighted by Crippen LogP contribution is -2.50. The van der Waals surface area contributed by atoms with Crippen molar-refractivity contribution >= 4 is 35.8 Å². The Morgan fingerprint density at radius 2 is 1.93 bits per heavy atom. The molecular formula is C22H37IN4O2. The Bertz CT molecular complexity index is 641. The normalized spacial score (nSPS) is 15.2. The van der Waals surface area contributed by atoms with E-state index >= 15 is 0 Å². The first-order valence-electron chi connectivity index (χ1n) is 10.7. The molecule has 0 atom stereocenters. The summed E-state index contributed by atoms with van der Waals surface area (Å²) in [5.41, 5.74) is 1.08. The van der Waals surface area contributed by atoms with E-state index in [0.717, 1.165) is 63.3 Å². The molecule has 6 nitrogen and oxygen atoms in total. The second-order valence-corrected chi connectivity index (χ2v) is 7.44. The number of nitrogens with one attached hydrogen (secondary N) is 2. The second kappa shape index (κ2) is 13.7. The van der Waals surface area contributed by atoms with Crippen LogP contribution >= 0.6 is 24.0 Å². The molecule has 3 N–H and O–H groups in total. The molecule has 0 bridgehead atoms. The van der Waals surface area contributed by atoms with Gasteiger partial charge in [-0.3, -0.25) is 9.79 Å². The zero-order chi connectivity index (χ0) is 20.4. The zero-order valence-electron chi connectivity index (χ0n) is 18.0. The Labute approximate surface area is 192 Å². The minimum atomic E-state index is 0. The van der Waals surface area contributed by atoms with Crippen molar-refractivity contribution in [3.05, 3.63) is 29.8 Å². The Kier molecular flexibility index (Phi) is 12.0. The van der Waals surface area contributed by atoms with Crippen molar-refractivity contribution in [3.63, 3.8) is 0 Å². The van der Waals surface area contributed by atoms with E-state index in [1.165, 1.54) is 0 Å². The van der Waals surface area contributed by atoms with Crippen molar-refractivity contribution < 1.29 is 9.90 Å².